The molecule has 0 aliphatic carbocycles. The minimum absolute atomic E-state index is 0.301. The van der Waals surface area contributed by atoms with Crippen LogP contribution in [-0.4, -0.2) is 14.7 Å². The first-order valence-corrected chi connectivity index (χ1v) is 9.25. The molecule has 3 rings (SSSR count). The van der Waals surface area contributed by atoms with E-state index in [4.69, 9.17) is 5.73 Å². The van der Waals surface area contributed by atoms with Gasteiger partial charge in [-0.05, 0) is 40.1 Å². The van der Waals surface area contributed by atoms with Gasteiger partial charge in [-0.1, -0.05) is 30.3 Å². The van der Waals surface area contributed by atoms with Crippen LogP contribution in [0.4, 0.5) is 0 Å². The fourth-order valence-corrected chi connectivity index (χ4v) is 4.03. The van der Waals surface area contributed by atoms with Gasteiger partial charge in [0, 0.05) is 11.0 Å². The molecule has 0 bridgehead atoms. The Kier molecular flexibility index (Phi) is 3.57. The van der Waals surface area contributed by atoms with E-state index < -0.39 is 9.84 Å². The molecular weight excluding hydrogens is 302 g/mol. The van der Waals surface area contributed by atoms with Crippen molar-refractivity contribution in [3.63, 3.8) is 0 Å². The van der Waals surface area contributed by atoms with Crippen molar-refractivity contribution < 1.29 is 8.42 Å². The molecule has 3 aromatic rings. The van der Waals surface area contributed by atoms with Crippen molar-refractivity contribution in [1.82, 2.24) is 0 Å². The number of fused-ring (bicyclic) bond motifs is 1. The van der Waals surface area contributed by atoms with E-state index in [1.165, 1.54) is 11.0 Å². The number of hydrogen-bond donors (Lipinski definition) is 1. The molecule has 0 aliphatic heterocycles. The van der Waals surface area contributed by atoms with Gasteiger partial charge in [-0.2, -0.15) is 0 Å². The van der Waals surface area contributed by atoms with Crippen LogP contribution in [0.5, 0.6) is 0 Å². The first-order valence-electron chi connectivity index (χ1n) is 6.48. The molecule has 5 heteroatoms. The number of nitrogens with two attached hydrogens (primary N) is 1. The maximum atomic E-state index is 11.7. The third-order valence-electron chi connectivity index (χ3n) is 3.49. The van der Waals surface area contributed by atoms with Crippen molar-refractivity contribution in [1.29, 1.82) is 0 Å². The molecule has 2 aromatic carbocycles. The first-order chi connectivity index (χ1) is 9.97. The van der Waals surface area contributed by atoms with Crippen LogP contribution < -0.4 is 5.73 Å². The summed E-state index contributed by atoms with van der Waals surface area (Å²) >= 11 is 1.65. The Morgan fingerprint density at radius 3 is 2.62 bits per heavy atom. The van der Waals surface area contributed by atoms with E-state index in [-0.39, 0.29) is 6.04 Å². The molecule has 1 aromatic heterocycles. The van der Waals surface area contributed by atoms with Crippen LogP contribution in [0.25, 0.3) is 10.1 Å². The van der Waals surface area contributed by atoms with E-state index >= 15 is 0 Å². The summed E-state index contributed by atoms with van der Waals surface area (Å²) in [5.41, 5.74) is 8.19. The quantitative estimate of drug-likeness (QED) is 0.806. The molecule has 3 nitrogen and oxygen atoms in total. The second-order valence-electron chi connectivity index (χ2n) is 5.01. The summed E-state index contributed by atoms with van der Waals surface area (Å²) in [6.07, 6.45) is 1.21. The highest BCUT2D eigenvalue weighted by atomic mass is 32.2. The van der Waals surface area contributed by atoms with Crippen LogP contribution in [0.15, 0.2) is 58.8 Å². The first kappa shape index (κ1) is 14.3. The topological polar surface area (TPSA) is 60.2 Å². The maximum absolute atomic E-state index is 11.7. The predicted molar refractivity (Wildman–Crippen MR) is 87.4 cm³/mol. The number of benzene rings is 2. The van der Waals surface area contributed by atoms with Crippen LogP contribution in [0.3, 0.4) is 0 Å². The lowest BCUT2D eigenvalue weighted by Crippen LogP contribution is -2.12. The SMILES string of the molecule is CS(=O)(=O)c1cccc(C(N)c2csc3ccccc23)c1. The average Bonchev–Trinajstić information content (AvgIpc) is 2.90. The van der Waals surface area contributed by atoms with Gasteiger partial charge in [0.25, 0.3) is 0 Å². The number of thiophene rings is 1. The van der Waals surface area contributed by atoms with Crippen molar-refractivity contribution in [2.75, 3.05) is 6.26 Å². The standard InChI is InChI=1S/C16H15NO2S2/c1-21(18,19)12-6-4-5-11(9-12)16(17)14-10-20-15-8-3-2-7-13(14)15/h2-10,16H,17H2,1H3. The molecule has 0 saturated carbocycles. The zero-order chi connectivity index (χ0) is 15.0. The fourth-order valence-electron chi connectivity index (χ4n) is 2.36. The van der Waals surface area contributed by atoms with Crippen molar-refractivity contribution in [3.8, 4) is 0 Å². The van der Waals surface area contributed by atoms with Crippen molar-refractivity contribution in [2.45, 2.75) is 10.9 Å². The Bertz CT molecular complexity index is 897. The molecule has 1 atom stereocenters. The maximum Gasteiger partial charge on any atom is 0.175 e. The van der Waals surface area contributed by atoms with Gasteiger partial charge in [0.1, 0.15) is 0 Å². The molecule has 0 amide bonds. The molecule has 108 valence electrons. The number of rotatable bonds is 3. The average molecular weight is 317 g/mol. The van der Waals surface area contributed by atoms with Crippen molar-refractivity contribution in [3.05, 3.63) is 65.0 Å². The van der Waals surface area contributed by atoms with E-state index in [1.807, 2.05) is 29.6 Å². The summed E-state index contributed by atoms with van der Waals surface area (Å²) in [7, 11) is -3.22. The largest absolute Gasteiger partial charge is 0.320 e. The highest BCUT2D eigenvalue weighted by molar-refractivity contribution is 7.90. The molecule has 1 unspecified atom stereocenters. The molecule has 1 heterocycles. The summed E-state index contributed by atoms with van der Waals surface area (Å²) < 4.78 is 24.5. The minimum Gasteiger partial charge on any atom is -0.320 e. The van der Waals surface area contributed by atoms with E-state index in [0.717, 1.165) is 16.5 Å². The third-order valence-corrected chi connectivity index (χ3v) is 5.58. The van der Waals surface area contributed by atoms with Gasteiger partial charge < -0.3 is 5.73 Å². The van der Waals surface area contributed by atoms with Crippen LogP contribution in [-0.2, 0) is 9.84 Å². The Balaban J connectivity index is 2.08. The number of hydrogen-bond acceptors (Lipinski definition) is 4. The molecule has 0 radical (unpaired) electrons. The molecular formula is C16H15NO2S2. The lowest BCUT2D eigenvalue weighted by molar-refractivity contribution is 0.601. The Morgan fingerprint density at radius 2 is 1.86 bits per heavy atom. The van der Waals surface area contributed by atoms with E-state index in [0.29, 0.717) is 4.90 Å². The van der Waals surface area contributed by atoms with Gasteiger partial charge in [-0.15, -0.1) is 11.3 Å². The van der Waals surface area contributed by atoms with Crippen LogP contribution >= 0.6 is 11.3 Å². The van der Waals surface area contributed by atoms with Crippen LogP contribution in [0.2, 0.25) is 0 Å². The second-order valence-corrected chi connectivity index (χ2v) is 7.94. The molecule has 21 heavy (non-hydrogen) atoms. The highest BCUT2D eigenvalue weighted by Gasteiger charge is 2.16. The summed E-state index contributed by atoms with van der Waals surface area (Å²) in [5, 5.41) is 3.17. The van der Waals surface area contributed by atoms with E-state index in [9.17, 15) is 8.42 Å². The highest BCUT2D eigenvalue weighted by Crippen LogP contribution is 2.32. The van der Waals surface area contributed by atoms with Gasteiger partial charge in [-0.25, -0.2) is 8.42 Å². The fraction of sp³-hybridized carbons (Fsp3) is 0.125. The monoisotopic (exact) mass is 317 g/mol. The summed E-state index contributed by atoms with van der Waals surface area (Å²) in [6, 6.07) is 14.6. The summed E-state index contributed by atoms with van der Waals surface area (Å²) in [5.74, 6) is 0. The predicted octanol–water partition coefficient (Wildman–Crippen LogP) is 3.35. The van der Waals surface area contributed by atoms with Gasteiger partial charge in [0.05, 0.1) is 10.9 Å². The van der Waals surface area contributed by atoms with Crippen molar-refractivity contribution >= 4 is 31.3 Å². The summed E-state index contributed by atoms with van der Waals surface area (Å²) in [6.45, 7) is 0. The zero-order valence-corrected chi connectivity index (χ0v) is 13.1. The lowest BCUT2D eigenvalue weighted by Gasteiger charge is -2.12. The van der Waals surface area contributed by atoms with Crippen molar-refractivity contribution in [2.24, 2.45) is 5.73 Å². The van der Waals surface area contributed by atoms with Gasteiger partial charge in [-0.3, -0.25) is 0 Å². The molecule has 2 N–H and O–H groups in total. The van der Waals surface area contributed by atoms with Gasteiger partial charge in [0.15, 0.2) is 9.84 Å². The Morgan fingerprint density at radius 1 is 1.10 bits per heavy atom. The Labute approximate surface area is 128 Å². The van der Waals surface area contributed by atoms with Crippen LogP contribution in [0.1, 0.15) is 17.2 Å². The molecule has 0 saturated heterocycles. The molecule has 0 fully saturated rings. The lowest BCUT2D eigenvalue weighted by atomic mass is 9.99. The normalized spacial score (nSPS) is 13.4. The molecule has 0 aliphatic rings. The molecule has 0 spiro atoms. The second kappa shape index (κ2) is 5.26. The minimum atomic E-state index is -3.22. The summed E-state index contributed by atoms with van der Waals surface area (Å²) in [4.78, 5) is 0.301. The van der Waals surface area contributed by atoms with Gasteiger partial charge in [0.2, 0.25) is 0 Å². The zero-order valence-electron chi connectivity index (χ0n) is 11.5. The third kappa shape index (κ3) is 2.72. The smallest absolute Gasteiger partial charge is 0.175 e. The Hall–Kier alpha value is -1.69. The van der Waals surface area contributed by atoms with E-state index in [1.54, 1.807) is 29.5 Å². The van der Waals surface area contributed by atoms with E-state index in [2.05, 4.69) is 6.07 Å². The number of sulfone groups is 1. The van der Waals surface area contributed by atoms with Gasteiger partial charge >= 0.3 is 0 Å². The van der Waals surface area contributed by atoms with Crippen LogP contribution in [0, 0.1) is 0 Å².